The molecule has 4 heteroatoms. The Kier molecular flexibility index (Phi) is 9.57. The van der Waals surface area contributed by atoms with Crippen LogP contribution in [0.25, 0.3) is 6.08 Å². The second kappa shape index (κ2) is 11.2. The molecular formula is C19H25BrO3. The zero-order valence-corrected chi connectivity index (χ0v) is 15.1. The van der Waals surface area contributed by atoms with E-state index in [9.17, 15) is 9.90 Å². The van der Waals surface area contributed by atoms with Gasteiger partial charge in [-0.2, -0.15) is 0 Å². The van der Waals surface area contributed by atoms with Crippen LogP contribution >= 0.6 is 15.9 Å². The molecule has 2 N–H and O–H groups in total. The molecule has 0 heterocycles. The fourth-order valence-electron chi connectivity index (χ4n) is 2.20. The maximum atomic E-state index is 10.4. The summed E-state index contributed by atoms with van der Waals surface area (Å²) in [5, 5.41) is 18.4. The topological polar surface area (TPSA) is 57.5 Å². The molecule has 0 spiro atoms. The van der Waals surface area contributed by atoms with Crippen molar-refractivity contribution >= 4 is 28.0 Å². The number of carboxylic acid groups (broad SMARTS) is 1. The first kappa shape index (κ1) is 19.7. The van der Waals surface area contributed by atoms with E-state index in [0.29, 0.717) is 12.8 Å². The summed E-state index contributed by atoms with van der Waals surface area (Å²) in [5.74, 6) is -0.821. The van der Waals surface area contributed by atoms with E-state index in [1.54, 1.807) is 6.08 Å². The van der Waals surface area contributed by atoms with Crippen LogP contribution in [-0.4, -0.2) is 22.3 Å². The molecule has 0 bridgehead atoms. The second-order valence-electron chi connectivity index (χ2n) is 5.52. The van der Waals surface area contributed by atoms with Gasteiger partial charge in [0, 0.05) is 10.9 Å². The van der Waals surface area contributed by atoms with Crippen LogP contribution in [0.4, 0.5) is 0 Å². The molecule has 0 radical (unpaired) electrons. The molecule has 1 aromatic carbocycles. The van der Waals surface area contributed by atoms with Crippen molar-refractivity contribution in [3.63, 3.8) is 0 Å². The summed E-state index contributed by atoms with van der Waals surface area (Å²) in [4.78, 5) is 10.4. The molecule has 0 saturated heterocycles. The lowest BCUT2D eigenvalue weighted by atomic mass is 10.0. The van der Waals surface area contributed by atoms with Gasteiger partial charge in [0.15, 0.2) is 0 Å². The van der Waals surface area contributed by atoms with Crippen molar-refractivity contribution in [2.24, 2.45) is 0 Å². The maximum Gasteiger partial charge on any atom is 0.303 e. The summed E-state index contributed by atoms with van der Waals surface area (Å²) < 4.78 is 1.04. The van der Waals surface area contributed by atoms with E-state index in [-0.39, 0.29) is 6.42 Å². The minimum atomic E-state index is -0.821. The average Bonchev–Trinajstić information content (AvgIpc) is 2.49. The van der Waals surface area contributed by atoms with Gasteiger partial charge in [0.05, 0.1) is 6.10 Å². The lowest BCUT2D eigenvalue weighted by Crippen LogP contribution is -2.04. The highest BCUT2D eigenvalue weighted by Crippen LogP contribution is 2.19. The van der Waals surface area contributed by atoms with Gasteiger partial charge in [0.25, 0.3) is 0 Å². The van der Waals surface area contributed by atoms with E-state index < -0.39 is 12.1 Å². The first-order chi connectivity index (χ1) is 11.0. The summed E-state index contributed by atoms with van der Waals surface area (Å²) in [6.07, 6.45) is 11.4. The Morgan fingerprint density at radius 3 is 2.83 bits per heavy atom. The van der Waals surface area contributed by atoms with Gasteiger partial charge in [-0.25, -0.2) is 0 Å². The molecule has 0 unspecified atom stereocenters. The van der Waals surface area contributed by atoms with Gasteiger partial charge < -0.3 is 10.2 Å². The number of aliphatic carboxylic acids is 1. The zero-order valence-electron chi connectivity index (χ0n) is 13.5. The van der Waals surface area contributed by atoms with E-state index >= 15 is 0 Å². The molecule has 1 aromatic rings. The number of carboxylic acids is 1. The molecule has 0 amide bonds. The lowest BCUT2D eigenvalue weighted by Gasteiger charge is -2.06. The Labute approximate surface area is 146 Å². The van der Waals surface area contributed by atoms with Crippen molar-refractivity contribution in [3.8, 4) is 0 Å². The number of allylic oxidation sites excluding steroid dienone is 2. The van der Waals surface area contributed by atoms with Crippen molar-refractivity contribution in [3.05, 3.63) is 52.0 Å². The highest BCUT2D eigenvalue weighted by molar-refractivity contribution is 9.10. The highest BCUT2D eigenvalue weighted by Gasteiger charge is 2.03. The van der Waals surface area contributed by atoms with Gasteiger partial charge in [-0.15, -0.1) is 0 Å². The van der Waals surface area contributed by atoms with Crippen LogP contribution in [0.1, 0.15) is 50.2 Å². The number of aliphatic hydroxyl groups excluding tert-OH is 1. The molecular weight excluding hydrogens is 356 g/mol. The molecule has 23 heavy (non-hydrogen) atoms. The summed E-state index contributed by atoms with van der Waals surface area (Å²) >= 11 is 3.49. The average molecular weight is 381 g/mol. The molecule has 0 fully saturated rings. The van der Waals surface area contributed by atoms with E-state index in [0.717, 1.165) is 23.7 Å². The first-order valence-electron chi connectivity index (χ1n) is 8.04. The number of aliphatic hydroxyl groups is 1. The van der Waals surface area contributed by atoms with Crippen molar-refractivity contribution in [2.45, 2.75) is 51.6 Å². The van der Waals surface area contributed by atoms with Crippen LogP contribution in [0.3, 0.4) is 0 Å². The summed E-state index contributed by atoms with van der Waals surface area (Å²) in [6, 6.07) is 6.20. The van der Waals surface area contributed by atoms with E-state index in [4.69, 9.17) is 5.11 Å². The van der Waals surface area contributed by atoms with Gasteiger partial charge >= 0.3 is 5.97 Å². The van der Waals surface area contributed by atoms with Gasteiger partial charge in [-0.05, 0) is 48.9 Å². The van der Waals surface area contributed by atoms with Crippen molar-refractivity contribution < 1.29 is 15.0 Å². The van der Waals surface area contributed by atoms with Gasteiger partial charge in [0.2, 0.25) is 0 Å². The van der Waals surface area contributed by atoms with E-state index in [1.165, 1.54) is 11.1 Å². The predicted octanol–water partition coefficient (Wildman–Crippen LogP) is 4.98. The summed E-state index contributed by atoms with van der Waals surface area (Å²) in [7, 11) is 0. The molecule has 0 aliphatic carbocycles. The summed E-state index contributed by atoms with van der Waals surface area (Å²) in [6.45, 7) is 2.15. The number of halogens is 1. The minimum absolute atomic E-state index is 0.100. The largest absolute Gasteiger partial charge is 0.481 e. The second-order valence-corrected chi connectivity index (χ2v) is 6.44. The molecule has 0 saturated carbocycles. The normalized spacial score (nSPS) is 13.0. The molecule has 1 rings (SSSR count). The Balaban J connectivity index is 2.59. The van der Waals surface area contributed by atoms with Crippen molar-refractivity contribution in [1.82, 2.24) is 0 Å². The van der Waals surface area contributed by atoms with Gasteiger partial charge in [-0.1, -0.05) is 59.6 Å². The fraction of sp³-hybridized carbons (Fsp3) is 0.421. The maximum absolute atomic E-state index is 10.4. The molecule has 126 valence electrons. The highest BCUT2D eigenvalue weighted by atomic mass is 79.9. The van der Waals surface area contributed by atoms with E-state index in [2.05, 4.69) is 47.1 Å². The van der Waals surface area contributed by atoms with Crippen molar-refractivity contribution in [1.29, 1.82) is 0 Å². The predicted molar refractivity (Wildman–Crippen MR) is 98.4 cm³/mol. The zero-order chi connectivity index (χ0) is 17.1. The Morgan fingerprint density at radius 2 is 2.13 bits per heavy atom. The van der Waals surface area contributed by atoms with Crippen LogP contribution in [0.2, 0.25) is 0 Å². The SMILES string of the molecule is CCC/C=C/c1ccc(Br)cc1C/C=C/[C@@H](O)CCCC(=O)O. The van der Waals surface area contributed by atoms with Gasteiger partial charge in [0.1, 0.15) is 0 Å². The van der Waals surface area contributed by atoms with Gasteiger partial charge in [-0.3, -0.25) is 4.79 Å². The van der Waals surface area contributed by atoms with Crippen LogP contribution in [0.5, 0.6) is 0 Å². The number of hydrogen-bond acceptors (Lipinski definition) is 2. The van der Waals surface area contributed by atoms with E-state index in [1.807, 2.05) is 12.1 Å². The fourth-order valence-corrected chi connectivity index (χ4v) is 2.61. The van der Waals surface area contributed by atoms with Crippen LogP contribution in [-0.2, 0) is 11.2 Å². The Bertz CT molecular complexity index is 550. The Morgan fingerprint density at radius 1 is 1.35 bits per heavy atom. The number of unbranched alkanes of at least 4 members (excludes halogenated alkanes) is 1. The number of carbonyl (C=O) groups is 1. The van der Waals surface area contributed by atoms with Crippen LogP contribution in [0.15, 0.2) is 40.9 Å². The number of rotatable bonds is 10. The lowest BCUT2D eigenvalue weighted by molar-refractivity contribution is -0.137. The van der Waals surface area contributed by atoms with Crippen molar-refractivity contribution in [2.75, 3.05) is 0 Å². The first-order valence-corrected chi connectivity index (χ1v) is 8.83. The smallest absolute Gasteiger partial charge is 0.303 e. The molecule has 1 atom stereocenters. The summed E-state index contributed by atoms with van der Waals surface area (Å²) in [5.41, 5.74) is 2.38. The monoisotopic (exact) mass is 380 g/mol. The van der Waals surface area contributed by atoms with Crippen LogP contribution in [0, 0.1) is 0 Å². The third kappa shape index (κ3) is 8.72. The molecule has 3 nitrogen and oxygen atoms in total. The molecule has 0 aliphatic heterocycles. The molecule has 0 aliphatic rings. The quantitative estimate of drug-likeness (QED) is 0.562. The number of hydrogen-bond donors (Lipinski definition) is 2. The standard InChI is InChI=1S/C19H25BrO3/c1-2-3-4-7-15-12-13-17(20)14-16(15)8-5-9-18(21)10-6-11-19(22)23/h4-5,7,9,12-14,18,21H,2-3,6,8,10-11H2,1H3,(H,22,23)/b7-4+,9-5+/t18-/m1/s1. The molecule has 0 aromatic heterocycles. The van der Waals surface area contributed by atoms with Crippen LogP contribution < -0.4 is 0 Å². The third-order valence-electron chi connectivity index (χ3n) is 3.44. The third-order valence-corrected chi connectivity index (χ3v) is 3.94. The number of benzene rings is 1. The minimum Gasteiger partial charge on any atom is -0.481 e. The Hall–Kier alpha value is -1.39.